The molecule has 3 rings (SSSR count). The third-order valence-electron chi connectivity index (χ3n) is 5.14. The van der Waals surface area contributed by atoms with Gasteiger partial charge in [-0.1, -0.05) is 37.3 Å². The zero-order valence-corrected chi connectivity index (χ0v) is 20.0. The number of rotatable bonds is 12. The molecule has 0 bridgehead atoms. The van der Waals surface area contributed by atoms with Crippen molar-refractivity contribution in [3.05, 3.63) is 42.5 Å². The standard InChI is InChI=1S/C24H31N3O4S/c1-5-26(6-2)14-15-27(22(28)17-31-19-11-8-10-18(16-19)29-4)24-25-23-20(30-7-3)12-9-13-21(23)32-24/h8-13,16H,5-7,14-15,17H2,1-4H3. The highest BCUT2D eigenvalue weighted by molar-refractivity contribution is 7.22. The number of ether oxygens (including phenoxy) is 3. The van der Waals surface area contributed by atoms with E-state index < -0.39 is 0 Å². The second-order valence-corrected chi connectivity index (χ2v) is 8.08. The van der Waals surface area contributed by atoms with Gasteiger partial charge in [0.15, 0.2) is 11.7 Å². The summed E-state index contributed by atoms with van der Waals surface area (Å²) < 4.78 is 17.7. The van der Waals surface area contributed by atoms with Gasteiger partial charge in [0.05, 0.1) is 18.4 Å². The van der Waals surface area contributed by atoms with E-state index in [2.05, 4.69) is 18.7 Å². The van der Waals surface area contributed by atoms with Crippen molar-refractivity contribution in [2.75, 3.05) is 51.4 Å². The SMILES string of the molecule is CCOc1cccc2sc(N(CCN(CC)CC)C(=O)COc3cccc(OC)c3)nc12. The zero-order chi connectivity index (χ0) is 22.9. The van der Waals surface area contributed by atoms with Gasteiger partial charge in [-0.15, -0.1) is 0 Å². The first-order chi connectivity index (χ1) is 15.6. The average molecular weight is 458 g/mol. The van der Waals surface area contributed by atoms with E-state index in [1.165, 1.54) is 11.3 Å². The van der Waals surface area contributed by atoms with Gasteiger partial charge >= 0.3 is 0 Å². The molecule has 7 nitrogen and oxygen atoms in total. The molecule has 0 saturated carbocycles. The summed E-state index contributed by atoms with van der Waals surface area (Å²) in [5.74, 6) is 1.86. The van der Waals surface area contributed by atoms with Crippen LogP contribution in [-0.2, 0) is 4.79 Å². The Morgan fingerprint density at radius 1 is 1.00 bits per heavy atom. The van der Waals surface area contributed by atoms with Gasteiger partial charge < -0.3 is 19.1 Å². The number of aromatic nitrogens is 1. The Morgan fingerprint density at radius 3 is 2.47 bits per heavy atom. The number of benzene rings is 2. The molecule has 0 fully saturated rings. The van der Waals surface area contributed by atoms with Gasteiger partial charge in [-0.25, -0.2) is 4.98 Å². The summed E-state index contributed by atoms with van der Waals surface area (Å²) in [5, 5.41) is 0.651. The molecule has 1 amide bonds. The summed E-state index contributed by atoms with van der Waals surface area (Å²) in [7, 11) is 1.60. The zero-order valence-electron chi connectivity index (χ0n) is 19.2. The van der Waals surface area contributed by atoms with Gasteiger partial charge in [0.25, 0.3) is 5.91 Å². The first-order valence-corrected chi connectivity index (χ1v) is 11.7. The molecule has 0 unspecified atom stereocenters. The van der Waals surface area contributed by atoms with E-state index in [4.69, 9.17) is 19.2 Å². The van der Waals surface area contributed by atoms with E-state index in [1.807, 2.05) is 43.3 Å². The van der Waals surface area contributed by atoms with Crippen molar-refractivity contribution >= 4 is 32.6 Å². The third-order valence-corrected chi connectivity index (χ3v) is 6.18. The number of nitrogens with zero attached hydrogens (tertiary/aromatic N) is 3. The molecule has 0 N–H and O–H groups in total. The quantitative estimate of drug-likeness (QED) is 0.400. The fraction of sp³-hybridized carbons (Fsp3) is 0.417. The Labute approximate surface area is 193 Å². The fourth-order valence-electron chi connectivity index (χ4n) is 3.32. The molecule has 1 aromatic heterocycles. The minimum atomic E-state index is -0.142. The van der Waals surface area contributed by atoms with Crippen molar-refractivity contribution < 1.29 is 19.0 Å². The van der Waals surface area contributed by atoms with Crippen LogP contribution >= 0.6 is 11.3 Å². The number of carbonyl (C=O) groups is 1. The maximum Gasteiger partial charge on any atom is 0.266 e. The Kier molecular flexibility index (Phi) is 8.70. The van der Waals surface area contributed by atoms with Crippen LogP contribution in [0.25, 0.3) is 10.2 Å². The molecule has 8 heteroatoms. The molecule has 0 aliphatic rings. The second-order valence-electron chi connectivity index (χ2n) is 7.07. The van der Waals surface area contributed by atoms with Crippen LogP contribution in [0.3, 0.4) is 0 Å². The van der Waals surface area contributed by atoms with Crippen molar-refractivity contribution in [2.24, 2.45) is 0 Å². The first-order valence-electron chi connectivity index (χ1n) is 10.9. The van der Waals surface area contributed by atoms with Crippen LogP contribution in [0.5, 0.6) is 17.2 Å². The molecule has 32 heavy (non-hydrogen) atoms. The molecule has 0 aliphatic carbocycles. The van der Waals surface area contributed by atoms with Crippen molar-refractivity contribution in [3.63, 3.8) is 0 Å². The lowest BCUT2D eigenvalue weighted by Gasteiger charge is -2.24. The number of amides is 1. The van der Waals surface area contributed by atoms with Crippen LogP contribution in [0.2, 0.25) is 0 Å². The van der Waals surface area contributed by atoms with Gasteiger partial charge in [-0.2, -0.15) is 0 Å². The van der Waals surface area contributed by atoms with Crippen molar-refractivity contribution in [1.29, 1.82) is 0 Å². The van der Waals surface area contributed by atoms with Crippen molar-refractivity contribution in [3.8, 4) is 17.2 Å². The molecule has 0 aliphatic heterocycles. The molecule has 3 aromatic rings. The summed E-state index contributed by atoms with van der Waals surface area (Å²) in [6.45, 7) is 9.80. The lowest BCUT2D eigenvalue weighted by atomic mass is 10.3. The van der Waals surface area contributed by atoms with Crippen LogP contribution in [-0.4, -0.2) is 62.3 Å². The van der Waals surface area contributed by atoms with Gasteiger partial charge in [0.1, 0.15) is 22.8 Å². The number of methoxy groups -OCH3 is 1. The van der Waals surface area contributed by atoms with Gasteiger partial charge in [0.2, 0.25) is 0 Å². The number of thiazole rings is 1. The van der Waals surface area contributed by atoms with E-state index in [1.54, 1.807) is 18.1 Å². The smallest absolute Gasteiger partial charge is 0.266 e. The summed E-state index contributed by atoms with van der Waals surface area (Å²) in [5.41, 5.74) is 0.781. The molecule has 172 valence electrons. The van der Waals surface area contributed by atoms with Crippen molar-refractivity contribution in [2.45, 2.75) is 20.8 Å². The maximum atomic E-state index is 13.2. The van der Waals surface area contributed by atoms with Gasteiger partial charge in [-0.05, 0) is 44.3 Å². The number of hydrogen-bond acceptors (Lipinski definition) is 7. The van der Waals surface area contributed by atoms with Crippen LogP contribution in [0.15, 0.2) is 42.5 Å². The van der Waals surface area contributed by atoms with E-state index in [9.17, 15) is 4.79 Å². The summed E-state index contributed by atoms with van der Waals surface area (Å²) in [6, 6.07) is 13.1. The van der Waals surface area contributed by atoms with Crippen LogP contribution in [0, 0.1) is 0 Å². The van der Waals surface area contributed by atoms with Crippen LogP contribution in [0.1, 0.15) is 20.8 Å². The monoisotopic (exact) mass is 457 g/mol. The molecular formula is C24H31N3O4S. The Balaban J connectivity index is 1.83. The minimum Gasteiger partial charge on any atom is -0.497 e. The minimum absolute atomic E-state index is 0.0837. The van der Waals surface area contributed by atoms with E-state index >= 15 is 0 Å². The van der Waals surface area contributed by atoms with Crippen molar-refractivity contribution in [1.82, 2.24) is 9.88 Å². The fourth-order valence-corrected chi connectivity index (χ4v) is 4.35. The molecular weight excluding hydrogens is 426 g/mol. The number of hydrogen-bond donors (Lipinski definition) is 0. The van der Waals surface area contributed by atoms with E-state index in [0.717, 1.165) is 35.6 Å². The molecule has 1 heterocycles. The Hall–Kier alpha value is -2.84. The number of likely N-dealkylation sites (N-methyl/N-ethyl adjacent to an activating group) is 1. The molecule has 0 saturated heterocycles. The van der Waals surface area contributed by atoms with E-state index in [-0.39, 0.29) is 12.5 Å². The number of anilines is 1. The number of fused-ring (bicyclic) bond motifs is 1. The highest BCUT2D eigenvalue weighted by atomic mass is 32.1. The molecule has 0 spiro atoms. The predicted molar refractivity (Wildman–Crippen MR) is 129 cm³/mol. The Bertz CT molecular complexity index is 1020. The third kappa shape index (κ3) is 5.89. The maximum absolute atomic E-state index is 13.2. The highest BCUT2D eigenvalue weighted by Gasteiger charge is 2.22. The largest absolute Gasteiger partial charge is 0.497 e. The number of para-hydroxylation sites is 1. The highest BCUT2D eigenvalue weighted by Crippen LogP contribution is 2.34. The normalized spacial score (nSPS) is 11.0. The number of carbonyl (C=O) groups excluding carboxylic acids is 1. The average Bonchev–Trinajstić information content (AvgIpc) is 3.25. The van der Waals surface area contributed by atoms with Gasteiger partial charge in [-0.3, -0.25) is 9.69 Å². The topological polar surface area (TPSA) is 64.1 Å². The van der Waals surface area contributed by atoms with E-state index in [0.29, 0.717) is 29.8 Å². The molecule has 2 aromatic carbocycles. The lowest BCUT2D eigenvalue weighted by Crippen LogP contribution is -2.41. The lowest BCUT2D eigenvalue weighted by molar-refractivity contribution is -0.120. The van der Waals surface area contributed by atoms with Crippen LogP contribution in [0.4, 0.5) is 5.13 Å². The first kappa shape index (κ1) is 23.8. The summed E-state index contributed by atoms with van der Waals surface area (Å²) >= 11 is 1.49. The second kappa shape index (κ2) is 11.7. The van der Waals surface area contributed by atoms with Crippen LogP contribution < -0.4 is 19.1 Å². The molecule has 0 atom stereocenters. The summed E-state index contributed by atoms with van der Waals surface area (Å²) in [4.78, 5) is 22.0. The molecule has 0 radical (unpaired) electrons. The summed E-state index contributed by atoms with van der Waals surface area (Å²) in [6.07, 6.45) is 0. The Morgan fingerprint density at radius 2 is 1.75 bits per heavy atom. The van der Waals surface area contributed by atoms with Gasteiger partial charge in [0, 0.05) is 19.2 Å². The predicted octanol–water partition coefficient (Wildman–Crippen LogP) is 4.46.